The number of nitrogens with one attached hydrogen (secondary N) is 1. The van der Waals surface area contributed by atoms with Crippen molar-refractivity contribution >= 4 is 23.1 Å². The number of hydrogen-bond donors (Lipinski definition) is 1. The van der Waals surface area contributed by atoms with Crippen molar-refractivity contribution in [3.63, 3.8) is 0 Å². The molecule has 0 saturated heterocycles. The lowest BCUT2D eigenvalue weighted by Crippen LogP contribution is -2.32. The molecule has 1 N–H and O–H groups in total. The predicted octanol–water partition coefficient (Wildman–Crippen LogP) is 5.00. The number of amides is 2. The van der Waals surface area contributed by atoms with Gasteiger partial charge in [0.2, 0.25) is 0 Å². The standard InChI is InChI=1S/C26H24N2O2/c1-17-9-11-20(12-10-17)16-28-25(29)23(21-7-5-4-6-8-21)24(26(28)30)27-22-14-18(2)13-19(3)15-22/h4-15,27H,16H2,1-3H3. The molecule has 0 aromatic heterocycles. The highest BCUT2D eigenvalue weighted by Gasteiger charge is 2.39. The molecule has 1 aliphatic heterocycles. The Kier molecular flexibility index (Phi) is 5.23. The van der Waals surface area contributed by atoms with E-state index in [0.717, 1.165) is 33.5 Å². The van der Waals surface area contributed by atoms with Crippen molar-refractivity contribution in [1.29, 1.82) is 0 Å². The molecule has 4 heteroatoms. The topological polar surface area (TPSA) is 49.4 Å². The van der Waals surface area contributed by atoms with Crippen molar-refractivity contribution in [3.05, 3.63) is 106 Å². The fourth-order valence-corrected chi connectivity index (χ4v) is 3.78. The fourth-order valence-electron chi connectivity index (χ4n) is 3.78. The summed E-state index contributed by atoms with van der Waals surface area (Å²) in [5, 5.41) is 3.24. The number of carbonyl (C=O) groups excluding carboxylic acids is 2. The van der Waals surface area contributed by atoms with E-state index in [0.29, 0.717) is 11.3 Å². The normalized spacial score (nSPS) is 13.9. The summed E-state index contributed by atoms with van der Waals surface area (Å²) in [5.41, 5.74) is 6.50. The van der Waals surface area contributed by atoms with E-state index in [9.17, 15) is 9.59 Å². The summed E-state index contributed by atoms with van der Waals surface area (Å²) >= 11 is 0. The molecular weight excluding hydrogens is 372 g/mol. The lowest BCUT2D eigenvalue weighted by Gasteiger charge is -2.16. The first kappa shape index (κ1) is 19.6. The van der Waals surface area contributed by atoms with Crippen molar-refractivity contribution < 1.29 is 9.59 Å². The van der Waals surface area contributed by atoms with Crippen LogP contribution >= 0.6 is 0 Å². The molecule has 150 valence electrons. The van der Waals surface area contributed by atoms with Crippen LogP contribution in [0.3, 0.4) is 0 Å². The Balaban J connectivity index is 1.73. The van der Waals surface area contributed by atoms with Gasteiger partial charge in [-0.25, -0.2) is 0 Å². The lowest BCUT2D eigenvalue weighted by molar-refractivity contribution is -0.137. The van der Waals surface area contributed by atoms with Gasteiger partial charge in [-0.3, -0.25) is 14.5 Å². The van der Waals surface area contributed by atoms with Crippen LogP contribution in [0.2, 0.25) is 0 Å². The van der Waals surface area contributed by atoms with Gasteiger partial charge in [0.1, 0.15) is 5.70 Å². The summed E-state index contributed by atoms with van der Waals surface area (Å²) in [6.07, 6.45) is 0. The van der Waals surface area contributed by atoms with E-state index >= 15 is 0 Å². The van der Waals surface area contributed by atoms with E-state index < -0.39 is 0 Å². The van der Waals surface area contributed by atoms with Crippen molar-refractivity contribution in [2.75, 3.05) is 5.32 Å². The van der Waals surface area contributed by atoms with Crippen molar-refractivity contribution in [1.82, 2.24) is 4.90 Å². The van der Waals surface area contributed by atoms with Gasteiger partial charge >= 0.3 is 0 Å². The van der Waals surface area contributed by atoms with Crippen molar-refractivity contribution in [2.24, 2.45) is 0 Å². The minimum absolute atomic E-state index is 0.242. The number of carbonyl (C=O) groups is 2. The van der Waals surface area contributed by atoms with Crippen LogP contribution in [0, 0.1) is 20.8 Å². The van der Waals surface area contributed by atoms with Crippen LogP contribution in [0.4, 0.5) is 5.69 Å². The summed E-state index contributed by atoms with van der Waals surface area (Å²) in [7, 11) is 0. The molecular formula is C26H24N2O2. The van der Waals surface area contributed by atoms with Crippen LogP contribution in [-0.2, 0) is 16.1 Å². The van der Waals surface area contributed by atoms with Gasteiger partial charge < -0.3 is 5.32 Å². The lowest BCUT2D eigenvalue weighted by atomic mass is 10.0. The molecule has 4 nitrogen and oxygen atoms in total. The third kappa shape index (κ3) is 3.90. The first-order valence-electron chi connectivity index (χ1n) is 9.99. The quantitative estimate of drug-likeness (QED) is 0.617. The van der Waals surface area contributed by atoms with Crippen LogP contribution in [0.15, 0.2) is 78.5 Å². The Bertz CT molecular complexity index is 1130. The van der Waals surface area contributed by atoms with Crippen molar-refractivity contribution in [2.45, 2.75) is 27.3 Å². The molecule has 0 atom stereocenters. The molecule has 1 heterocycles. The van der Waals surface area contributed by atoms with Crippen LogP contribution in [-0.4, -0.2) is 16.7 Å². The van der Waals surface area contributed by atoms with E-state index in [-0.39, 0.29) is 18.4 Å². The molecule has 0 saturated carbocycles. The number of aryl methyl sites for hydroxylation is 3. The highest BCUT2D eigenvalue weighted by molar-refractivity contribution is 6.36. The summed E-state index contributed by atoms with van der Waals surface area (Å²) in [4.78, 5) is 28.0. The zero-order valence-electron chi connectivity index (χ0n) is 17.4. The number of nitrogens with zero attached hydrogens (tertiary/aromatic N) is 1. The molecule has 4 rings (SSSR count). The van der Waals surface area contributed by atoms with Crippen LogP contribution in [0.5, 0.6) is 0 Å². The van der Waals surface area contributed by atoms with Crippen LogP contribution in [0.1, 0.15) is 27.8 Å². The van der Waals surface area contributed by atoms with Gasteiger partial charge in [-0.15, -0.1) is 0 Å². The van der Waals surface area contributed by atoms with Crippen LogP contribution in [0.25, 0.3) is 5.57 Å². The van der Waals surface area contributed by atoms with Gasteiger partial charge in [-0.05, 0) is 55.2 Å². The van der Waals surface area contributed by atoms with Crippen molar-refractivity contribution in [3.8, 4) is 0 Å². The van der Waals surface area contributed by atoms with Gasteiger partial charge in [0.15, 0.2) is 0 Å². The molecule has 1 aliphatic rings. The number of imide groups is 1. The zero-order chi connectivity index (χ0) is 21.3. The molecule has 0 fully saturated rings. The molecule has 0 bridgehead atoms. The Morgan fingerprint density at radius 2 is 1.37 bits per heavy atom. The third-order valence-electron chi connectivity index (χ3n) is 5.18. The molecule has 3 aromatic rings. The SMILES string of the molecule is Cc1ccc(CN2C(=O)C(Nc3cc(C)cc(C)c3)=C(c3ccccc3)C2=O)cc1. The van der Waals surface area contributed by atoms with Gasteiger partial charge in [-0.2, -0.15) is 0 Å². The van der Waals surface area contributed by atoms with E-state index in [2.05, 4.69) is 11.4 Å². The average molecular weight is 396 g/mol. The highest BCUT2D eigenvalue weighted by atomic mass is 16.2. The maximum atomic E-state index is 13.3. The Morgan fingerprint density at radius 3 is 2.00 bits per heavy atom. The Morgan fingerprint density at radius 1 is 0.733 bits per heavy atom. The van der Waals surface area contributed by atoms with Gasteiger partial charge in [-0.1, -0.05) is 66.2 Å². The second kappa shape index (κ2) is 7.99. The average Bonchev–Trinajstić information content (AvgIpc) is 2.94. The number of anilines is 1. The minimum Gasteiger partial charge on any atom is -0.350 e. The molecule has 0 radical (unpaired) electrons. The zero-order valence-corrected chi connectivity index (χ0v) is 17.4. The number of rotatable bonds is 5. The maximum absolute atomic E-state index is 13.3. The largest absolute Gasteiger partial charge is 0.350 e. The van der Waals surface area contributed by atoms with E-state index in [4.69, 9.17) is 0 Å². The minimum atomic E-state index is -0.307. The molecule has 0 unspecified atom stereocenters. The highest BCUT2D eigenvalue weighted by Crippen LogP contribution is 2.31. The molecule has 30 heavy (non-hydrogen) atoms. The number of hydrogen-bond acceptors (Lipinski definition) is 3. The first-order chi connectivity index (χ1) is 14.4. The van der Waals surface area contributed by atoms with E-state index in [1.165, 1.54) is 4.90 Å². The second-order valence-corrected chi connectivity index (χ2v) is 7.80. The third-order valence-corrected chi connectivity index (χ3v) is 5.18. The summed E-state index contributed by atoms with van der Waals surface area (Å²) in [6, 6.07) is 23.3. The Hall–Kier alpha value is -3.66. The monoisotopic (exact) mass is 396 g/mol. The summed E-state index contributed by atoms with van der Waals surface area (Å²) in [5.74, 6) is -0.586. The summed E-state index contributed by atoms with van der Waals surface area (Å²) < 4.78 is 0. The smallest absolute Gasteiger partial charge is 0.278 e. The molecule has 3 aromatic carbocycles. The van der Waals surface area contributed by atoms with Gasteiger partial charge in [0.25, 0.3) is 11.8 Å². The predicted molar refractivity (Wildman–Crippen MR) is 120 cm³/mol. The summed E-state index contributed by atoms with van der Waals surface area (Å²) in [6.45, 7) is 6.27. The van der Waals surface area contributed by atoms with Crippen LogP contribution < -0.4 is 5.32 Å². The molecule has 0 aliphatic carbocycles. The molecule has 0 spiro atoms. The first-order valence-corrected chi connectivity index (χ1v) is 9.99. The fraction of sp³-hybridized carbons (Fsp3) is 0.154. The molecule has 2 amide bonds. The van der Waals surface area contributed by atoms with Gasteiger partial charge in [0, 0.05) is 5.69 Å². The van der Waals surface area contributed by atoms with E-state index in [1.807, 2.05) is 87.5 Å². The Labute approximate surface area is 176 Å². The maximum Gasteiger partial charge on any atom is 0.278 e. The number of benzene rings is 3. The van der Waals surface area contributed by atoms with Gasteiger partial charge in [0.05, 0.1) is 12.1 Å². The second-order valence-electron chi connectivity index (χ2n) is 7.80. The van der Waals surface area contributed by atoms with E-state index in [1.54, 1.807) is 0 Å².